The topological polar surface area (TPSA) is 38.7 Å². The minimum atomic E-state index is -4.97. The van der Waals surface area contributed by atoms with Crippen LogP contribution in [0.1, 0.15) is 11.1 Å². The SMILES string of the molecule is FC(F)(F)c1cc(-c2ccc(-c3nc4ccccc4c4c(-c5ccccc5)cc5nc(-c6ccccc6)c(-c6ccccc6)nc5c34)cc2)cc(C(F)(F)F)c1. The minimum Gasteiger partial charge on any atom is -0.247 e. The van der Waals surface area contributed by atoms with Gasteiger partial charge in [-0.15, -0.1) is 0 Å². The summed E-state index contributed by atoms with van der Waals surface area (Å²) >= 11 is 0. The van der Waals surface area contributed by atoms with Crippen molar-refractivity contribution in [2.24, 2.45) is 0 Å². The lowest BCUT2D eigenvalue weighted by Gasteiger charge is -2.18. The van der Waals surface area contributed by atoms with Gasteiger partial charge in [-0.25, -0.2) is 15.0 Å². The predicted octanol–water partition coefficient (Wildman–Crippen LogP) is 13.7. The molecule has 0 atom stereocenters. The number of hydrogen-bond acceptors (Lipinski definition) is 3. The van der Waals surface area contributed by atoms with Crippen LogP contribution in [0.25, 0.3) is 88.7 Å². The number of pyridine rings is 1. The van der Waals surface area contributed by atoms with Gasteiger partial charge >= 0.3 is 12.4 Å². The molecule has 2 heterocycles. The van der Waals surface area contributed by atoms with Crippen molar-refractivity contribution in [1.29, 1.82) is 0 Å². The van der Waals surface area contributed by atoms with Crippen molar-refractivity contribution in [3.8, 4) is 56.0 Å². The van der Waals surface area contributed by atoms with Crippen molar-refractivity contribution in [3.05, 3.63) is 175 Å². The Morgan fingerprint density at radius 2 is 0.804 bits per heavy atom. The Balaban J connectivity index is 1.36. The molecule has 9 aromatic rings. The van der Waals surface area contributed by atoms with Crippen LogP contribution in [-0.4, -0.2) is 15.0 Å². The van der Waals surface area contributed by atoms with E-state index in [1.807, 2.05) is 121 Å². The zero-order valence-corrected chi connectivity index (χ0v) is 29.2. The zero-order chi connectivity index (χ0) is 38.6. The van der Waals surface area contributed by atoms with Gasteiger partial charge in [-0.3, -0.25) is 0 Å². The van der Waals surface area contributed by atoms with Crippen LogP contribution in [0.5, 0.6) is 0 Å². The van der Waals surface area contributed by atoms with Gasteiger partial charge in [0.1, 0.15) is 0 Å². The average molecular weight is 748 g/mol. The summed E-state index contributed by atoms with van der Waals surface area (Å²) in [5, 5.41) is 2.46. The fourth-order valence-electron chi connectivity index (χ4n) is 7.26. The Kier molecular flexibility index (Phi) is 8.38. The Morgan fingerprint density at radius 1 is 0.339 bits per heavy atom. The first kappa shape index (κ1) is 34.9. The number of rotatable bonds is 5. The molecule has 0 fully saturated rings. The maximum absolute atomic E-state index is 13.8. The fourth-order valence-corrected chi connectivity index (χ4v) is 7.26. The summed E-state index contributed by atoms with van der Waals surface area (Å²) in [6.07, 6.45) is -9.94. The van der Waals surface area contributed by atoms with Gasteiger partial charge in [0.25, 0.3) is 0 Å². The van der Waals surface area contributed by atoms with E-state index in [2.05, 4.69) is 0 Å². The van der Waals surface area contributed by atoms with E-state index in [0.29, 0.717) is 44.6 Å². The first-order valence-electron chi connectivity index (χ1n) is 17.7. The summed E-state index contributed by atoms with van der Waals surface area (Å²) in [5.74, 6) is 0. The van der Waals surface area contributed by atoms with Gasteiger partial charge in [0.2, 0.25) is 0 Å². The molecule has 0 unspecified atom stereocenters. The van der Waals surface area contributed by atoms with E-state index < -0.39 is 23.5 Å². The van der Waals surface area contributed by atoms with Crippen molar-refractivity contribution in [1.82, 2.24) is 15.0 Å². The van der Waals surface area contributed by atoms with E-state index >= 15 is 0 Å². The lowest BCUT2D eigenvalue weighted by Crippen LogP contribution is -2.11. The number of aromatic nitrogens is 3. The van der Waals surface area contributed by atoms with E-state index in [1.165, 1.54) is 12.1 Å². The molecule has 272 valence electrons. The molecule has 0 spiro atoms. The largest absolute Gasteiger partial charge is 0.416 e. The number of para-hydroxylation sites is 1. The second-order valence-corrected chi connectivity index (χ2v) is 13.4. The highest BCUT2D eigenvalue weighted by atomic mass is 19.4. The Labute approximate surface area is 316 Å². The average Bonchev–Trinajstić information content (AvgIpc) is 3.22. The smallest absolute Gasteiger partial charge is 0.247 e. The lowest BCUT2D eigenvalue weighted by molar-refractivity contribution is -0.143. The summed E-state index contributed by atoms with van der Waals surface area (Å²) in [7, 11) is 0. The molecular weight excluding hydrogens is 721 g/mol. The number of hydrogen-bond donors (Lipinski definition) is 0. The van der Waals surface area contributed by atoms with Crippen LogP contribution >= 0.6 is 0 Å². The molecule has 0 saturated heterocycles. The molecule has 0 amide bonds. The van der Waals surface area contributed by atoms with Gasteiger partial charge < -0.3 is 0 Å². The van der Waals surface area contributed by atoms with Crippen molar-refractivity contribution in [3.63, 3.8) is 0 Å². The molecule has 0 saturated carbocycles. The Bertz CT molecular complexity index is 2880. The van der Waals surface area contributed by atoms with Crippen molar-refractivity contribution in [2.75, 3.05) is 0 Å². The van der Waals surface area contributed by atoms with Crippen LogP contribution in [-0.2, 0) is 12.4 Å². The number of benzene rings is 7. The second-order valence-electron chi connectivity index (χ2n) is 13.4. The van der Waals surface area contributed by atoms with Gasteiger partial charge in [0, 0.05) is 32.8 Å². The fraction of sp³-hybridized carbons (Fsp3) is 0.0426. The van der Waals surface area contributed by atoms with Gasteiger partial charge in [0.15, 0.2) is 0 Å². The highest BCUT2D eigenvalue weighted by Crippen LogP contribution is 2.45. The quantitative estimate of drug-likeness (QED) is 0.130. The molecule has 0 radical (unpaired) electrons. The van der Waals surface area contributed by atoms with Crippen LogP contribution in [0.3, 0.4) is 0 Å². The summed E-state index contributed by atoms with van der Waals surface area (Å²) in [5.41, 5.74) is 5.19. The zero-order valence-electron chi connectivity index (χ0n) is 29.2. The van der Waals surface area contributed by atoms with Crippen molar-refractivity contribution >= 4 is 32.7 Å². The van der Waals surface area contributed by atoms with Crippen LogP contribution < -0.4 is 0 Å². The highest BCUT2D eigenvalue weighted by Gasteiger charge is 2.37. The standard InChI is InChI=1S/C47H27F6N3/c48-46(49,50)34-24-33(25-35(26-34)47(51,52)53)28-20-22-32(23-21-28)42-41-40(36-18-10-11-19-38(36)54-42)37(29-12-4-1-5-13-29)27-39-45(41)56-44(31-16-8-3-9-17-31)43(55-39)30-14-6-2-7-15-30/h1-27H. The number of alkyl halides is 6. The molecule has 0 bridgehead atoms. The molecular formula is C47H27F6N3. The number of fused-ring (bicyclic) bond motifs is 5. The molecule has 0 aliphatic rings. The summed E-state index contributed by atoms with van der Waals surface area (Å²) in [6.45, 7) is 0. The first-order chi connectivity index (χ1) is 27.0. The molecule has 0 N–H and O–H groups in total. The number of halogens is 6. The molecule has 0 aliphatic heterocycles. The van der Waals surface area contributed by atoms with E-state index in [0.717, 1.165) is 45.2 Å². The van der Waals surface area contributed by atoms with Gasteiger partial charge in [0.05, 0.1) is 44.8 Å². The maximum atomic E-state index is 13.8. The molecule has 7 aromatic carbocycles. The van der Waals surface area contributed by atoms with Crippen LogP contribution in [0.2, 0.25) is 0 Å². The third-order valence-corrected chi connectivity index (χ3v) is 9.86. The summed E-state index contributed by atoms with van der Waals surface area (Å²) < 4.78 is 82.6. The third kappa shape index (κ3) is 6.30. The predicted molar refractivity (Wildman–Crippen MR) is 210 cm³/mol. The van der Waals surface area contributed by atoms with Crippen LogP contribution in [0.15, 0.2) is 164 Å². The third-order valence-electron chi connectivity index (χ3n) is 9.86. The molecule has 56 heavy (non-hydrogen) atoms. The van der Waals surface area contributed by atoms with Gasteiger partial charge in [-0.2, -0.15) is 26.3 Å². The van der Waals surface area contributed by atoms with E-state index in [9.17, 15) is 26.3 Å². The van der Waals surface area contributed by atoms with Gasteiger partial charge in [-0.05, 0) is 52.6 Å². The highest BCUT2D eigenvalue weighted by molar-refractivity contribution is 6.25. The molecule has 3 nitrogen and oxygen atoms in total. The number of nitrogens with zero attached hydrogens (tertiary/aromatic N) is 3. The molecule has 0 aliphatic carbocycles. The lowest BCUT2D eigenvalue weighted by atomic mass is 9.90. The molecule has 9 rings (SSSR count). The van der Waals surface area contributed by atoms with Crippen LogP contribution in [0, 0.1) is 0 Å². The van der Waals surface area contributed by atoms with E-state index in [1.54, 1.807) is 12.1 Å². The van der Waals surface area contributed by atoms with Gasteiger partial charge in [-0.1, -0.05) is 133 Å². The normalized spacial score (nSPS) is 12.1. The maximum Gasteiger partial charge on any atom is 0.416 e. The van der Waals surface area contributed by atoms with Crippen molar-refractivity contribution in [2.45, 2.75) is 12.4 Å². The first-order valence-corrected chi connectivity index (χ1v) is 17.7. The monoisotopic (exact) mass is 747 g/mol. The second kappa shape index (κ2) is 13.5. The minimum absolute atomic E-state index is 0.131. The van der Waals surface area contributed by atoms with E-state index in [4.69, 9.17) is 15.0 Å². The molecule has 2 aromatic heterocycles. The molecule has 9 heteroatoms. The summed E-state index contributed by atoms with van der Waals surface area (Å²) in [4.78, 5) is 15.9. The van der Waals surface area contributed by atoms with Crippen LogP contribution in [0.4, 0.5) is 26.3 Å². The van der Waals surface area contributed by atoms with Crippen molar-refractivity contribution < 1.29 is 26.3 Å². The van der Waals surface area contributed by atoms with E-state index in [-0.39, 0.29) is 17.2 Å². The Morgan fingerprint density at radius 3 is 1.38 bits per heavy atom. The summed E-state index contributed by atoms with van der Waals surface area (Å²) in [6, 6.07) is 47.3. The Hall–Kier alpha value is -6.87.